The van der Waals surface area contributed by atoms with Crippen LogP contribution in [0.2, 0.25) is 0 Å². The molecule has 3 rings (SSSR count). The zero-order valence-electron chi connectivity index (χ0n) is 12.7. The van der Waals surface area contributed by atoms with Crippen molar-refractivity contribution in [2.45, 2.75) is 32.4 Å². The summed E-state index contributed by atoms with van der Waals surface area (Å²) >= 11 is 0. The van der Waals surface area contributed by atoms with Gasteiger partial charge in [-0.3, -0.25) is 5.10 Å². The number of nitrogens with one attached hydrogen (secondary N) is 2. The molecule has 0 radical (unpaired) electrons. The molecule has 2 N–H and O–H groups in total. The molecular formula is C17H24N4. The van der Waals surface area contributed by atoms with Crippen LogP contribution in [0.3, 0.4) is 0 Å². The molecule has 1 aliphatic rings. The average Bonchev–Trinajstić information content (AvgIpc) is 3.16. The summed E-state index contributed by atoms with van der Waals surface area (Å²) in [4.78, 5) is 2.56. The molecule has 1 aromatic carbocycles. The molecule has 2 heterocycles. The van der Waals surface area contributed by atoms with Crippen LogP contribution in [0.5, 0.6) is 0 Å². The third kappa shape index (κ3) is 3.71. The Kier molecular flexibility index (Phi) is 4.68. The first-order chi connectivity index (χ1) is 10.3. The zero-order chi connectivity index (χ0) is 14.5. The van der Waals surface area contributed by atoms with Crippen LogP contribution in [0.1, 0.15) is 35.7 Å². The predicted octanol–water partition coefficient (Wildman–Crippen LogP) is 2.64. The Morgan fingerprint density at radius 2 is 2.00 bits per heavy atom. The van der Waals surface area contributed by atoms with E-state index in [4.69, 9.17) is 0 Å². The highest BCUT2D eigenvalue weighted by Gasteiger charge is 2.18. The summed E-state index contributed by atoms with van der Waals surface area (Å²) in [6, 6.07) is 11.1. The molecule has 1 aromatic heterocycles. The molecule has 0 aliphatic carbocycles. The highest BCUT2D eigenvalue weighted by Crippen LogP contribution is 2.18. The first kappa shape index (κ1) is 14.3. The molecule has 2 aromatic rings. The van der Waals surface area contributed by atoms with Crippen LogP contribution in [-0.2, 0) is 6.54 Å². The third-order valence-electron chi connectivity index (χ3n) is 4.31. The molecule has 0 saturated carbocycles. The lowest BCUT2D eigenvalue weighted by Gasteiger charge is -2.25. The second kappa shape index (κ2) is 6.87. The molecule has 0 bridgehead atoms. The second-order valence-corrected chi connectivity index (χ2v) is 5.87. The lowest BCUT2D eigenvalue weighted by atomic mass is 10.1. The quantitative estimate of drug-likeness (QED) is 0.857. The van der Waals surface area contributed by atoms with Crippen molar-refractivity contribution in [2.24, 2.45) is 0 Å². The lowest BCUT2D eigenvalue weighted by Crippen LogP contribution is -2.33. The van der Waals surface area contributed by atoms with Gasteiger partial charge in [-0.2, -0.15) is 5.10 Å². The number of benzene rings is 1. The number of aromatic amines is 1. The van der Waals surface area contributed by atoms with Crippen molar-refractivity contribution >= 4 is 0 Å². The summed E-state index contributed by atoms with van der Waals surface area (Å²) in [5.74, 6) is 0. The number of rotatable bonds is 6. The van der Waals surface area contributed by atoms with Gasteiger partial charge in [-0.05, 0) is 38.4 Å². The third-order valence-corrected chi connectivity index (χ3v) is 4.31. The van der Waals surface area contributed by atoms with Crippen LogP contribution >= 0.6 is 0 Å². The first-order valence-electron chi connectivity index (χ1n) is 7.82. The van der Waals surface area contributed by atoms with Gasteiger partial charge in [0.25, 0.3) is 0 Å². The Bertz CT molecular complexity index is 543. The van der Waals surface area contributed by atoms with E-state index < -0.39 is 0 Å². The van der Waals surface area contributed by atoms with E-state index in [-0.39, 0.29) is 0 Å². The summed E-state index contributed by atoms with van der Waals surface area (Å²) in [5, 5.41) is 10.8. The maximum absolute atomic E-state index is 4.10. The number of aromatic nitrogens is 2. The monoisotopic (exact) mass is 284 g/mol. The number of aryl methyl sites for hydroxylation is 1. The summed E-state index contributed by atoms with van der Waals surface area (Å²) < 4.78 is 0. The van der Waals surface area contributed by atoms with Gasteiger partial charge in [0, 0.05) is 30.4 Å². The van der Waals surface area contributed by atoms with Crippen LogP contribution in [-0.4, -0.2) is 34.7 Å². The molecule has 0 unspecified atom stereocenters. The largest absolute Gasteiger partial charge is 0.305 e. The average molecular weight is 284 g/mol. The van der Waals surface area contributed by atoms with E-state index in [1.165, 1.54) is 37.1 Å². The maximum Gasteiger partial charge on any atom is 0.0535 e. The molecule has 0 spiro atoms. The van der Waals surface area contributed by atoms with E-state index in [9.17, 15) is 0 Å². The van der Waals surface area contributed by atoms with Crippen molar-refractivity contribution in [3.63, 3.8) is 0 Å². The number of H-pyrrole nitrogens is 1. The molecule has 1 saturated heterocycles. The molecule has 1 atom stereocenters. The standard InChI is InChI=1S/C17H24N4/c1-14-16(12-19-20-14)11-18-17(13-21-9-5-6-10-21)15-7-3-2-4-8-15/h2-4,7-8,12,17-18H,5-6,9-11,13H2,1H3,(H,19,20)/t17-/m0/s1. The smallest absolute Gasteiger partial charge is 0.0535 e. The van der Waals surface area contributed by atoms with Gasteiger partial charge in [0.1, 0.15) is 0 Å². The summed E-state index contributed by atoms with van der Waals surface area (Å²) in [6.45, 7) is 6.48. The van der Waals surface area contributed by atoms with E-state index in [0.717, 1.165) is 18.8 Å². The zero-order valence-corrected chi connectivity index (χ0v) is 12.7. The van der Waals surface area contributed by atoms with Gasteiger partial charge >= 0.3 is 0 Å². The first-order valence-corrected chi connectivity index (χ1v) is 7.82. The van der Waals surface area contributed by atoms with Gasteiger partial charge in [0.15, 0.2) is 0 Å². The van der Waals surface area contributed by atoms with Crippen LogP contribution < -0.4 is 5.32 Å². The Morgan fingerprint density at radius 3 is 2.67 bits per heavy atom. The van der Waals surface area contributed by atoms with Gasteiger partial charge in [0.2, 0.25) is 0 Å². The van der Waals surface area contributed by atoms with Crippen LogP contribution in [0.15, 0.2) is 36.5 Å². The Morgan fingerprint density at radius 1 is 1.24 bits per heavy atom. The van der Waals surface area contributed by atoms with E-state index >= 15 is 0 Å². The number of nitrogens with zero attached hydrogens (tertiary/aromatic N) is 2. The molecule has 4 nitrogen and oxygen atoms in total. The topological polar surface area (TPSA) is 44.0 Å². The van der Waals surface area contributed by atoms with E-state index in [2.05, 4.69) is 57.7 Å². The van der Waals surface area contributed by atoms with Crippen molar-refractivity contribution in [2.75, 3.05) is 19.6 Å². The Balaban J connectivity index is 1.67. The van der Waals surface area contributed by atoms with Gasteiger partial charge < -0.3 is 10.2 Å². The maximum atomic E-state index is 4.10. The van der Waals surface area contributed by atoms with Gasteiger partial charge in [-0.1, -0.05) is 30.3 Å². The fraction of sp³-hybridized carbons (Fsp3) is 0.471. The minimum absolute atomic E-state index is 0.374. The Labute approximate surface area is 126 Å². The highest BCUT2D eigenvalue weighted by atomic mass is 15.2. The predicted molar refractivity (Wildman–Crippen MR) is 85.0 cm³/mol. The highest BCUT2D eigenvalue weighted by molar-refractivity contribution is 5.20. The fourth-order valence-electron chi connectivity index (χ4n) is 2.98. The molecule has 21 heavy (non-hydrogen) atoms. The van der Waals surface area contributed by atoms with Crippen molar-refractivity contribution in [3.05, 3.63) is 53.3 Å². The molecule has 112 valence electrons. The van der Waals surface area contributed by atoms with Crippen LogP contribution in [0.4, 0.5) is 0 Å². The van der Waals surface area contributed by atoms with Gasteiger partial charge in [-0.25, -0.2) is 0 Å². The number of likely N-dealkylation sites (tertiary alicyclic amines) is 1. The molecule has 4 heteroatoms. The second-order valence-electron chi connectivity index (χ2n) is 5.87. The number of hydrogen-bond acceptors (Lipinski definition) is 3. The van der Waals surface area contributed by atoms with Gasteiger partial charge in [0.05, 0.1) is 6.20 Å². The molecular weight excluding hydrogens is 260 g/mol. The van der Waals surface area contributed by atoms with E-state index in [1.54, 1.807) is 0 Å². The normalized spacial score (nSPS) is 17.2. The molecule has 1 aliphatic heterocycles. The summed E-state index contributed by atoms with van der Waals surface area (Å²) in [7, 11) is 0. The molecule has 0 amide bonds. The van der Waals surface area contributed by atoms with Crippen molar-refractivity contribution < 1.29 is 0 Å². The van der Waals surface area contributed by atoms with Crippen molar-refractivity contribution in [1.29, 1.82) is 0 Å². The number of hydrogen-bond donors (Lipinski definition) is 2. The summed E-state index contributed by atoms with van der Waals surface area (Å²) in [6.07, 6.45) is 4.59. The summed E-state index contributed by atoms with van der Waals surface area (Å²) in [5.41, 5.74) is 3.76. The fourth-order valence-corrected chi connectivity index (χ4v) is 2.98. The molecule has 1 fully saturated rings. The minimum atomic E-state index is 0.374. The Hall–Kier alpha value is -1.65. The van der Waals surface area contributed by atoms with Gasteiger partial charge in [-0.15, -0.1) is 0 Å². The van der Waals surface area contributed by atoms with E-state index in [0.29, 0.717) is 6.04 Å². The SMILES string of the molecule is Cc1[nH]ncc1CN[C@@H](CN1CCCC1)c1ccccc1. The van der Waals surface area contributed by atoms with Crippen molar-refractivity contribution in [1.82, 2.24) is 20.4 Å². The lowest BCUT2D eigenvalue weighted by molar-refractivity contribution is 0.291. The van der Waals surface area contributed by atoms with Crippen LogP contribution in [0, 0.1) is 6.92 Å². The van der Waals surface area contributed by atoms with Crippen LogP contribution in [0.25, 0.3) is 0 Å². The van der Waals surface area contributed by atoms with Crippen molar-refractivity contribution in [3.8, 4) is 0 Å². The minimum Gasteiger partial charge on any atom is -0.305 e. The van der Waals surface area contributed by atoms with E-state index in [1.807, 2.05) is 6.20 Å².